The van der Waals surface area contributed by atoms with Crippen LogP contribution in [-0.2, 0) is 0 Å². The van der Waals surface area contributed by atoms with Gasteiger partial charge < -0.3 is 19.9 Å². The van der Waals surface area contributed by atoms with E-state index in [0.29, 0.717) is 0 Å². The minimum atomic E-state index is 0.0135. The Hall–Kier alpha value is -1.30. The number of methoxy groups -OCH3 is 1. The van der Waals surface area contributed by atoms with E-state index in [-0.39, 0.29) is 12.6 Å². The van der Waals surface area contributed by atoms with Crippen LogP contribution in [0.25, 0.3) is 0 Å². The summed E-state index contributed by atoms with van der Waals surface area (Å²) in [4.78, 5) is 2.32. The Kier molecular flexibility index (Phi) is 8.36. The molecule has 1 aliphatic rings. The van der Waals surface area contributed by atoms with Crippen molar-refractivity contribution in [3.8, 4) is 11.5 Å². The number of ether oxygens (including phenoxy) is 2. The quantitative estimate of drug-likeness (QED) is 0.643. The average Bonchev–Trinajstić information content (AvgIpc) is 2.63. The summed E-state index contributed by atoms with van der Waals surface area (Å²) in [7, 11) is 1.67. The second kappa shape index (κ2) is 10.5. The molecule has 1 saturated heterocycles. The van der Waals surface area contributed by atoms with Gasteiger partial charge in [-0.2, -0.15) is 0 Å². The van der Waals surface area contributed by atoms with Gasteiger partial charge in [0.2, 0.25) is 0 Å². The van der Waals surface area contributed by atoms with Crippen molar-refractivity contribution in [3.63, 3.8) is 0 Å². The summed E-state index contributed by atoms with van der Waals surface area (Å²) in [5.41, 5.74) is 1.08. The maximum absolute atomic E-state index is 9.85. The summed E-state index contributed by atoms with van der Waals surface area (Å²) < 4.78 is 11.4. The van der Waals surface area contributed by atoms with E-state index in [4.69, 9.17) is 9.47 Å². The Morgan fingerprint density at radius 2 is 1.96 bits per heavy atom. The van der Waals surface area contributed by atoms with E-state index in [0.717, 1.165) is 56.3 Å². The van der Waals surface area contributed by atoms with Gasteiger partial charge in [-0.1, -0.05) is 32.3 Å². The van der Waals surface area contributed by atoms with Gasteiger partial charge in [0.1, 0.15) is 0 Å². The summed E-state index contributed by atoms with van der Waals surface area (Å²) in [5, 5.41) is 13.2. The van der Waals surface area contributed by atoms with Crippen molar-refractivity contribution in [2.75, 3.05) is 46.5 Å². The molecule has 2 rings (SSSR count). The van der Waals surface area contributed by atoms with E-state index in [1.54, 1.807) is 7.11 Å². The maximum Gasteiger partial charge on any atom is 0.161 e. The fourth-order valence-electron chi connectivity index (χ4n) is 3.15. The zero-order valence-electron chi connectivity index (χ0n) is 15.1. The van der Waals surface area contributed by atoms with Gasteiger partial charge in [-0.3, -0.25) is 4.90 Å². The molecule has 0 aromatic heterocycles. The van der Waals surface area contributed by atoms with Crippen molar-refractivity contribution in [1.29, 1.82) is 0 Å². The largest absolute Gasteiger partial charge is 0.493 e. The lowest BCUT2D eigenvalue weighted by Gasteiger charge is -2.34. The van der Waals surface area contributed by atoms with Crippen molar-refractivity contribution in [3.05, 3.63) is 23.8 Å². The molecule has 0 radical (unpaired) electrons. The van der Waals surface area contributed by atoms with Crippen molar-refractivity contribution in [2.24, 2.45) is 0 Å². The van der Waals surface area contributed by atoms with Gasteiger partial charge in [0.25, 0.3) is 0 Å². The third-order valence-corrected chi connectivity index (χ3v) is 4.59. The number of benzene rings is 1. The lowest BCUT2D eigenvalue weighted by Crippen LogP contribution is -2.46. The zero-order chi connectivity index (χ0) is 17.2. The molecule has 5 nitrogen and oxygen atoms in total. The van der Waals surface area contributed by atoms with Crippen molar-refractivity contribution < 1.29 is 14.6 Å². The zero-order valence-corrected chi connectivity index (χ0v) is 15.1. The second-order valence-electron chi connectivity index (χ2n) is 6.30. The van der Waals surface area contributed by atoms with Crippen LogP contribution >= 0.6 is 0 Å². The summed E-state index contributed by atoms with van der Waals surface area (Å²) in [6.45, 7) is 6.86. The van der Waals surface area contributed by atoms with Crippen LogP contribution in [0.1, 0.15) is 44.2 Å². The molecule has 0 bridgehead atoms. The van der Waals surface area contributed by atoms with E-state index in [2.05, 4.69) is 17.1 Å². The molecule has 1 heterocycles. The number of nitrogens with one attached hydrogen (secondary N) is 1. The van der Waals surface area contributed by atoms with Crippen molar-refractivity contribution in [2.45, 2.75) is 38.6 Å². The highest BCUT2D eigenvalue weighted by Gasteiger charge is 2.22. The topological polar surface area (TPSA) is 54.0 Å². The van der Waals surface area contributed by atoms with Gasteiger partial charge in [0.05, 0.1) is 26.4 Å². The standard InChI is InChI=1S/C19H32N2O3/c1-3-4-5-6-13-24-18-8-7-16(14-19(18)23-2)17(15-22)21-11-9-20-10-12-21/h7-8,14,17,20,22H,3-6,9-13,15H2,1-2H3. The molecule has 1 aliphatic heterocycles. The predicted molar refractivity (Wildman–Crippen MR) is 96.9 cm³/mol. The van der Waals surface area contributed by atoms with Crippen LogP contribution in [0.4, 0.5) is 0 Å². The van der Waals surface area contributed by atoms with E-state index in [1.807, 2.05) is 18.2 Å². The lowest BCUT2D eigenvalue weighted by atomic mass is 10.0. The second-order valence-corrected chi connectivity index (χ2v) is 6.30. The average molecular weight is 336 g/mol. The van der Waals surface area contributed by atoms with Gasteiger partial charge in [-0.05, 0) is 24.1 Å². The molecule has 1 aromatic rings. The Balaban J connectivity index is 2.00. The molecular weight excluding hydrogens is 304 g/mol. The number of hydrogen-bond acceptors (Lipinski definition) is 5. The molecule has 2 N–H and O–H groups in total. The molecule has 1 unspecified atom stereocenters. The van der Waals surface area contributed by atoms with Crippen LogP contribution in [-0.4, -0.2) is 56.5 Å². The van der Waals surface area contributed by atoms with E-state index >= 15 is 0 Å². The number of rotatable bonds is 10. The van der Waals surface area contributed by atoms with Gasteiger partial charge >= 0.3 is 0 Å². The van der Waals surface area contributed by atoms with Crippen LogP contribution < -0.4 is 14.8 Å². The molecule has 136 valence electrons. The number of hydrogen-bond donors (Lipinski definition) is 2. The number of piperazine rings is 1. The summed E-state index contributed by atoms with van der Waals surface area (Å²) in [5.74, 6) is 1.53. The van der Waals surface area contributed by atoms with E-state index in [9.17, 15) is 5.11 Å². The molecule has 24 heavy (non-hydrogen) atoms. The van der Waals surface area contributed by atoms with Crippen LogP contribution in [0.2, 0.25) is 0 Å². The summed E-state index contributed by atoms with van der Waals surface area (Å²) in [6, 6.07) is 6.04. The predicted octanol–water partition coefficient (Wildman–Crippen LogP) is 2.59. The number of aliphatic hydroxyl groups excluding tert-OH is 1. The molecule has 5 heteroatoms. The molecule has 0 spiro atoms. The number of unbranched alkanes of at least 4 members (excludes halogenated alkanes) is 3. The highest BCUT2D eigenvalue weighted by Crippen LogP contribution is 2.32. The van der Waals surface area contributed by atoms with Crippen LogP contribution in [0, 0.1) is 0 Å². The summed E-state index contributed by atoms with van der Waals surface area (Å²) >= 11 is 0. The first kappa shape index (κ1) is 19.0. The smallest absolute Gasteiger partial charge is 0.161 e. The fourth-order valence-corrected chi connectivity index (χ4v) is 3.15. The summed E-state index contributed by atoms with van der Waals surface area (Å²) in [6.07, 6.45) is 4.75. The minimum Gasteiger partial charge on any atom is -0.493 e. The number of nitrogens with zero attached hydrogens (tertiary/aromatic N) is 1. The third-order valence-electron chi connectivity index (χ3n) is 4.59. The molecular formula is C19H32N2O3. The normalized spacial score (nSPS) is 16.8. The van der Waals surface area contributed by atoms with Gasteiger partial charge in [-0.25, -0.2) is 0 Å². The Morgan fingerprint density at radius 3 is 2.62 bits per heavy atom. The first-order valence-electron chi connectivity index (χ1n) is 9.16. The third kappa shape index (κ3) is 5.36. The highest BCUT2D eigenvalue weighted by molar-refractivity contribution is 5.44. The molecule has 0 saturated carbocycles. The monoisotopic (exact) mass is 336 g/mol. The van der Waals surface area contributed by atoms with E-state index in [1.165, 1.54) is 19.3 Å². The van der Waals surface area contributed by atoms with Crippen molar-refractivity contribution in [1.82, 2.24) is 10.2 Å². The van der Waals surface area contributed by atoms with Crippen molar-refractivity contribution >= 4 is 0 Å². The first-order valence-corrected chi connectivity index (χ1v) is 9.16. The van der Waals surface area contributed by atoms with Crippen LogP contribution in [0.3, 0.4) is 0 Å². The van der Waals surface area contributed by atoms with Gasteiger partial charge in [-0.15, -0.1) is 0 Å². The molecule has 0 amide bonds. The fraction of sp³-hybridized carbons (Fsp3) is 0.684. The van der Waals surface area contributed by atoms with E-state index < -0.39 is 0 Å². The minimum absolute atomic E-state index is 0.0135. The molecule has 0 aliphatic carbocycles. The van der Waals surface area contributed by atoms with Crippen LogP contribution in [0.15, 0.2) is 18.2 Å². The maximum atomic E-state index is 9.85. The van der Waals surface area contributed by atoms with Gasteiger partial charge in [0, 0.05) is 26.2 Å². The van der Waals surface area contributed by atoms with Gasteiger partial charge in [0.15, 0.2) is 11.5 Å². The lowest BCUT2D eigenvalue weighted by molar-refractivity contribution is 0.110. The number of aliphatic hydroxyl groups is 1. The Labute approximate surface area is 146 Å². The molecule has 1 atom stereocenters. The SMILES string of the molecule is CCCCCCOc1ccc(C(CO)N2CCNCC2)cc1OC. The van der Waals surface area contributed by atoms with Crippen LogP contribution in [0.5, 0.6) is 11.5 Å². The highest BCUT2D eigenvalue weighted by atomic mass is 16.5. The Morgan fingerprint density at radius 1 is 1.17 bits per heavy atom. The molecule has 1 fully saturated rings. The first-order chi connectivity index (χ1) is 11.8. The Bertz CT molecular complexity index is 476. The molecule has 1 aromatic carbocycles.